The van der Waals surface area contributed by atoms with Crippen LogP contribution in [-0.2, 0) is 4.79 Å². The number of hydrogen-bond donors (Lipinski definition) is 1. The summed E-state index contributed by atoms with van der Waals surface area (Å²) in [5.74, 6) is -3.56. The zero-order valence-electron chi connectivity index (χ0n) is 15.7. The molecule has 3 amide bonds. The van der Waals surface area contributed by atoms with Crippen LogP contribution in [0.2, 0.25) is 5.02 Å². The van der Waals surface area contributed by atoms with E-state index in [1.807, 2.05) is 0 Å². The van der Waals surface area contributed by atoms with Gasteiger partial charge >= 0.3 is 0 Å². The molecule has 0 atom stereocenters. The largest absolute Gasteiger partial charge is 0.481 e. The minimum absolute atomic E-state index is 0.0674. The Kier molecular flexibility index (Phi) is 5.39. The summed E-state index contributed by atoms with van der Waals surface area (Å²) in [7, 11) is 0. The fraction of sp³-hybridized carbons (Fsp3) is 0.0455. The third-order valence-corrected chi connectivity index (χ3v) is 4.82. The maximum absolute atomic E-state index is 13.6. The van der Waals surface area contributed by atoms with Gasteiger partial charge in [-0.3, -0.25) is 14.4 Å². The smallest absolute Gasteiger partial charge is 0.266 e. The number of carbonyl (C=O) groups excluding carboxylic acids is 3. The average molecular weight is 443 g/mol. The van der Waals surface area contributed by atoms with E-state index in [2.05, 4.69) is 5.32 Å². The van der Waals surface area contributed by atoms with Crippen LogP contribution in [0.4, 0.5) is 20.2 Å². The molecule has 1 aliphatic rings. The Hall–Kier alpha value is -3.78. The van der Waals surface area contributed by atoms with Crippen LogP contribution in [0.15, 0.2) is 60.7 Å². The van der Waals surface area contributed by atoms with Crippen molar-refractivity contribution in [1.29, 1.82) is 0 Å². The number of carbonyl (C=O) groups is 3. The molecule has 1 N–H and O–H groups in total. The molecule has 31 heavy (non-hydrogen) atoms. The van der Waals surface area contributed by atoms with E-state index in [1.54, 1.807) is 24.3 Å². The first kappa shape index (κ1) is 20.5. The molecule has 1 aliphatic heterocycles. The number of fused-ring (bicyclic) bond motifs is 1. The molecular formula is C22H13ClF2N2O4. The van der Waals surface area contributed by atoms with Gasteiger partial charge in [-0.25, -0.2) is 13.7 Å². The van der Waals surface area contributed by atoms with Crippen molar-refractivity contribution in [3.63, 3.8) is 0 Å². The van der Waals surface area contributed by atoms with E-state index < -0.39 is 36.0 Å². The van der Waals surface area contributed by atoms with E-state index in [9.17, 15) is 23.2 Å². The van der Waals surface area contributed by atoms with Crippen molar-refractivity contribution in [3.05, 3.63) is 88.4 Å². The molecule has 1 heterocycles. The van der Waals surface area contributed by atoms with Crippen LogP contribution >= 0.6 is 11.6 Å². The highest BCUT2D eigenvalue weighted by Gasteiger charge is 2.37. The molecule has 4 rings (SSSR count). The minimum Gasteiger partial charge on any atom is -0.481 e. The van der Waals surface area contributed by atoms with Gasteiger partial charge in [-0.15, -0.1) is 0 Å². The zero-order chi connectivity index (χ0) is 22.1. The van der Waals surface area contributed by atoms with E-state index in [0.717, 1.165) is 17.0 Å². The highest BCUT2D eigenvalue weighted by molar-refractivity contribution is 6.40. The third kappa shape index (κ3) is 3.97. The lowest BCUT2D eigenvalue weighted by Crippen LogP contribution is -2.29. The first-order chi connectivity index (χ1) is 14.8. The maximum atomic E-state index is 13.6. The molecule has 3 aromatic carbocycles. The number of amides is 3. The summed E-state index contributed by atoms with van der Waals surface area (Å²) in [5.41, 5.74) is 1.02. The molecule has 0 unspecified atom stereocenters. The SMILES string of the molecule is O=C(COc1ccc(F)cc1F)Nc1ccc(N2C(=O)c3ccccc3C2=O)c(Cl)c1. The van der Waals surface area contributed by atoms with Crippen LogP contribution in [0.1, 0.15) is 20.7 Å². The molecule has 0 aromatic heterocycles. The second-order valence-electron chi connectivity index (χ2n) is 6.57. The monoisotopic (exact) mass is 442 g/mol. The van der Waals surface area contributed by atoms with Crippen molar-refractivity contribution in [3.8, 4) is 5.75 Å². The van der Waals surface area contributed by atoms with E-state index in [1.165, 1.54) is 18.2 Å². The molecule has 0 saturated heterocycles. The molecule has 3 aromatic rings. The molecule has 156 valence electrons. The fourth-order valence-electron chi connectivity index (χ4n) is 3.11. The first-order valence-electron chi connectivity index (χ1n) is 9.00. The Morgan fingerprint density at radius 1 is 0.968 bits per heavy atom. The topological polar surface area (TPSA) is 75.7 Å². The lowest BCUT2D eigenvalue weighted by Gasteiger charge is -2.16. The number of nitrogens with one attached hydrogen (secondary N) is 1. The van der Waals surface area contributed by atoms with Crippen molar-refractivity contribution < 1.29 is 27.9 Å². The summed E-state index contributed by atoms with van der Waals surface area (Å²) in [6.07, 6.45) is 0. The van der Waals surface area contributed by atoms with Crippen LogP contribution in [0.25, 0.3) is 0 Å². The van der Waals surface area contributed by atoms with Gasteiger partial charge in [0.05, 0.1) is 21.8 Å². The van der Waals surface area contributed by atoms with Crippen molar-refractivity contribution >= 4 is 40.7 Å². The Bertz CT molecular complexity index is 1200. The van der Waals surface area contributed by atoms with E-state index in [0.29, 0.717) is 6.07 Å². The Morgan fingerprint density at radius 3 is 2.26 bits per heavy atom. The molecule has 0 spiro atoms. The number of hydrogen-bond acceptors (Lipinski definition) is 4. The van der Waals surface area contributed by atoms with Crippen LogP contribution in [0, 0.1) is 11.6 Å². The van der Waals surface area contributed by atoms with Gasteiger partial charge in [0.1, 0.15) is 5.82 Å². The quantitative estimate of drug-likeness (QED) is 0.593. The van der Waals surface area contributed by atoms with Gasteiger partial charge < -0.3 is 10.1 Å². The lowest BCUT2D eigenvalue weighted by atomic mass is 10.1. The van der Waals surface area contributed by atoms with Crippen LogP contribution < -0.4 is 15.0 Å². The third-order valence-electron chi connectivity index (χ3n) is 4.52. The maximum Gasteiger partial charge on any atom is 0.266 e. The molecule has 0 fully saturated rings. The van der Waals surface area contributed by atoms with Crippen LogP contribution in [-0.4, -0.2) is 24.3 Å². The highest BCUT2D eigenvalue weighted by Crippen LogP contribution is 2.34. The van der Waals surface area contributed by atoms with Crippen molar-refractivity contribution in [2.45, 2.75) is 0 Å². The summed E-state index contributed by atoms with van der Waals surface area (Å²) in [4.78, 5) is 38.2. The summed E-state index contributed by atoms with van der Waals surface area (Å²) < 4.78 is 31.5. The standard InChI is InChI=1S/C22H13ClF2N2O4/c23-16-10-13(26-20(28)11-31-19-8-5-12(24)9-17(19)25)6-7-18(16)27-21(29)14-3-1-2-4-15(14)22(27)30/h1-10H,11H2,(H,26,28). The highest BCUT2D eigenvalue weighted by atomic mass is 35.5. The summed E-state index contributed by atoms with van der Waals surface area (Å²) in [6.45, 7) is -0.527. The van der Waals surface area contributed by atoms with Gasteiger partial charge in [0.25, 0.3) is 17.7 Å². The number of halogens is 3. The van der Waals surface area contributed by atoms with Gasteiger partial charge in [-0.05, 0) is 42.5 Å². The molecular weight excluding hydrogens is 430 g/mol. The number of rotatable bonds is 5. The molecule has 0 aliphatic carbocycles. The van der Waals surface area contributed by atoms with E-state index in [4.69, 9.17) is 16.3 Å². The summed E-state index contributed by atoms with van der Waals surface area (Å²) >= 11 is 6.26. The average Bonchev–Trinajstić information content (AvgIpc) is 2.98. The minimum atomic E-state index is -0.929. The van der Waals surface area contributed by atoms with Gasteiger partial charge in [-0.1, -0.05) is 23.7 Å². The summed E-state index contributed by atoms with van der Waals surface area (Å²) in [5, 5.41) is 2.58. The molecule has 6 nitrogen and oxygen atoms in total. The normalized spacial score (nSPS) is 12.7. The number of imide groups is 1. The van der Waals surface area contributed by atoms with Crippen LogP contribution in [0.3, 0.4) is 0 Å². The van der Waals surface area contributed by atoms with Crippen molar-refractivity contribution in [2.75, 3.05) is 16.8 Å². The Morgan fingerprint density at radius 2 is 1.65 bits per heavy atom. The van der Waals surface area contributed by atoms with Crippen LogP contribution in [0.5, 0.6) is 5.75 Å². The molecule has 0 bridgehead atoms. The number of nitrogens with zero attached hydrogens (tertiary/aromatic N) is 1. The molecule has 9 heteroatoms. The zero-order valence-corrected chi connectivity index (χ0v) is 16.5. The number of anilines is 2. The van der Waals surface area contributed by atoms with E-state index >= 15 is 0 Å². The first-order valence-corrected chi connectivity index (χ1v) is 9.38. The number of ether oxygens (including phenoxy) is 1. The fourth-order valence-corrected chi connectivity index (χ4v) is 3.37. The van der Waals surface area contributed by atoms with E-state index in [-0.39, 0.29) is 33.3 Å². The predicted octanol–water partition coefficient (Wildman–Crippen LogP) is 4.44. The Labute approximate surface area is 180 Å². The summed E-state index contributed by atoms with van der Waals surface area (Å²) in [6, 6.07) is 13.4. The van der Waals surface area contributed by atoms with Gasteiger partial charge in [0, 0.05) is 11.8 Å². The van der Waals surface area contributed by atoms with Gasteiger partial charge in [0.2, 0.25) is 0 Å². The molecule has 0 saturated carbocycles. The van der Waals surface area contributed by atoms with Crippen molar-refractivity contribution in [2.24, 2.45) is 0 Å². The Balaban J connectivity index is 1.45. The van der Waals surface area contributed by atoms with Gasteiger partial charge in [0.15, 0.2) is 18.2 Å². The second-order valence-corrected chi connectivity index (χ2v) is 6.98. The van der Waals surface area contributed by atoms with Crippen molar-refractivity contribution in [1.82, 2.24) is 0 Å². The molecule has 0 radical (unpaired) electrons. The lowest BCUT2D eigenvalue weighted by molar-refractivity contribution is -0.118. The second kappa shape index (κ2) is 8.16. The number of benzene rings is 3. The predicted molar refractivity (Wildman–Crippen MR) is 110 cm³/mol. The van der Waals surface area contributed by atoms with Gasteiger partial charge in [-0.2, -0.15) is 0 Å².